The average Bonchev–Trinajstić information content (AvgIpc) is 3.30. The summed E-state index contributed by atoms with van der Waals surface area (Å²) in [5.41, 5.74) is 0.764. The Balaban J connectivity index is 1.26. The molecule has 3 aromatic rings. The Morgan fingerprint density at radius 3 is 2.72 bits per heavy atom. The Morgan fingerprint density at radius 1 is 1.25 bits per heavy atom. The molecule has 4 rings (SSSR count). The van der Waals surface area contributed by atoms with Crippen molar-refractivity contribution in [3.05, 3.63) is 68.0 Å². The Labute approximate surface area is 210 Å². The van der Waals surface area contributed by atoms with Gasteiger partial charge in [-0.25, -0.2) is 4.79 Å². The van der Waals surface area contributed by atoms with E-state index in [1.807, 2.05) is 19.1 Å². The summed E-state index contributed by atoms with van der Waals surface area (Å²) in [6.45, 7) is 2.52. The summed E-state index contributed by atoms with van der Waals surface area (Å²) in [7, 11) is 0. The fourth-order valence-electron chi connectivity index (χ4n) is 3.87. The molecule has 1 fully saturated rings. The van der Waals surface area contributed by atoms with Gasteiger partial charge in [-0.3, -0.25) is 19.5 Å². The maximum Gasteiger partial charge on any atom is 0.412 e. The maximum atomic E-state index is 14.7. The van der Waals surface area contributed by atoms with Gasteiger partial charge in [0, 0.05) is 43.6 Å². The van der Waals surface area contributed by atoms with Gasteiger partial charge in [0.2, 0.25) is 10.8 Å². The largest absolute Gasteiger partial charge is 0.465 e. The first-order valence-corrected chi connectivity index (χ1v) is 12.6. The van der Waals surface area contributed by atoms with Gasteiger partial charge in [-0.2, -0.15) is 4.39 Å². The highest BCUT2D eigenvalue weighted by molar-refractivity contribution is 7.13. The lowest BCUT2D eigenvalue weighted by Crippen LogP contribution is -2.45. The van der Waals surface area contributed by atoms with Crippen molar-refractivity contribution in [1.29, 1.82) is 0 Å². The van der Waals surface area contributed by atoms with Crippen LogP contribution in [0.1, 0.15) is 58.2 Å². The Kier molecular flexibility index (Phi) is 8.04. The molecular formula is C24H27FN6O4S. The molecule has 190 valence electrons. The minimum Gasteiger partial charge on any atom is -0.465 e. The van der Waals surface area contributed by atoms with Crippen molar-refractivity contribution in [3.8, 4) is 0 Å². The van der Waals surface area contributed by atoms with Crippen LogP contribution in [0.3, 0.4) is 0 Å². The quantitative estimate of drug-likeness (QED) is 0.396. The first-order valence-electron chi connectivity index (χ1n) is 11.8. The number of halogens is 1. The lowest BCUT2D eigenvalue weighted by molar-refractivity contribution is 0.0949. The Hall–Kier alpha value is -3.67. The van der Waals surface area contributed by atoms with Crippen LogP contribution in [-0.4, -0.2) is 42.9 Å². The fourth-order valence-corrected chi connectivity index (χ4v) is 4.66. The molecule has 10 nitrogen and oxygen atoms in total. The zero-order valence-corrected chi connectivity index (χ0v) is 20.6. The fraction of sp³-hybridized carbons (Fsp3) is 0.417. The topological polar surface area (TPSA) is 130 Å². The van der Waals surface area contributed by atoms with Crippen molar-refractivity contribution >= 4 is 29.0 Å². The number of pyridine rings is 2. The van der Waals surface area contributed by atoms with Gasteiger partial charge in [0.15, 0.2) is 0 Å². The first kappa shape index (κ1) is 25.4. The van der Waals surface area contributed by atoms with Crippen LogP contribution in [0, 0.1) is 12.7 Å². The van der Waals surface area contributed by atoms with E-state index in [0.717, 1.165) is 22.6 Å². The third-order valence-corrected chi connectivity index (χ3v) is 7.10. The number of nitrogens with one attached hydrogen (secondary N) is 1. The van der Waals surface area contributed by atoms with Gasteiger partial charge in [-0.15, -0.1) is 10.2 Å². The lowest BCUT2D eigenvalue weighted by atomic mass is 9.91. The number of amides is 2. The Morgan fingerprint density at radius 2 is 2.06 bits per heavy atom. The third kappa shape index (κ3) is 5.93. The predicted molar refractivity (Wildman–Crippen MR) is 132 cm³/mol. The molecule has 1 aliphatic carbocycles. The van der Waals surface area contributed by atoms with Gasteiger partial charge in [-0.1, -0.05) is 17.4 Å². The zero-order chi connectivity index (χ0) is 25.7. The van der Waals surface area contributed by atoms with E-state index in [1.165, 1.54) is 28.2 Å². The standard InChI is InChI=1S/C24H27FN6O4S/c1-15-8-9-16(13-26-15)14-27-21(32)22-29-28-19(36-22)7-2-3-11-30-12-10-18(20(25)23(30)33)31(24(34)35)17-5-4-6-17/h8-10,12-13,17H,2-7,11,14H2,1H3,(H,27,32)(H,34,35). The van der Waals surface area contributed by atoms with E-state index in [2.05, 4.69) is 20.5 Å². The first-order chi connectivity index (χ1) is 17.3. The van der Waals surface area contributed by atoms with Crippen LogP contribution in [0.15, 0.2) is 35.4 Å². The molecule has 0 atom stereocenters. The van der Waals surface area contributed by atoms with E-state index in [4.69, 9.17) is 0 Å². The van der Waals surface area contributed by atoms with Crippen molar-refractivity contribution in [2.75, 3.05) is 4.90 Å². The second-order valence-corrected chi connectivity index (χ2v) is 9.76. The number of carboxylic acid groups (broad SMARTS) is 1. The molecular weight excluding hydrogens is 487 g/mol. The molecule has 36 heavy (non-hydrogen) atoms. The van der Waals surface area contributed by atoms with Crippen LogP contribution in [0.5, 0.6) is 0 Å². The molecule has 3 aromatic heterocycles. The number of hydrogen-bond donors (Lipinski definition) is 2. The molecule has 0 aliphatic heterocycles. The Bertz CT molecular complexity index is 1290. The minimum absolute atomic E-state index is 0.188. The summed E-state index contributed by atoms with van der Waals surface area (Å²) < 4.78 is 16.0. The smallest absolute Gasteiger partial charge is 0.412 e. The molecule has 12 heteroatoms. The molecule has 0 unspecified atom stereocenters. The summed E-state index contributed by atoms with van der Waals surface area (Å²) >= 11 is 1.21. The minimum atomic E-state index is -1.26. The highest BCUT2D eigenvalue weighted by atomic mass is 32.1. The van der Waals surface area contributed by atoms with E-state index in [9.17, 15) is 23.9 Å². The number of carbonyl (C=O) groups excluding carboxylic acids is 1. The number of carbonyl (C=O) groups is 2. The van der Waals surface area contributed by atoms with Crippen LogP contribution < -0.4 is 15.8 Å². The second kappa shape index (κ2) is 11.4. The molecule has 3 heterocycles. The molecule has 1 saturated carbocycles. The van der Waals surface area contributed by atoms with E-state index in [-0.39, 0.29) is 29.2 Å². The van der Waals surface area contributed by atoms with Gasteiger partial charge in [0.05, 0.1) is 5.69 Å². The zero-order valence-electron chi connectivity index (χ0n) is 19.8. The number of rotatable bonds is 10. The lowest BCUT2D eigenvalue weighted by Gasteiger charge is -2.35. The van der Waals surface area contributed by atoms with E-state index in [0.29, 0.717) is 43.7 Å². The monoisotopic (exact) mass is 514 g/mol. The normalized spacial score (nSPS) is 13.3. The summed E-state index contributed by atoms with van der Waals surface area (Å²) in [5, 5.41) is 21.3. The molecule has 0 aromatic carbocycles. The summed E-state index contributed by atoms with van der Waals surface area (Å²) in [5.74, 6) is -1.35. The number of unbranched alkanes of at least 4 members (excludes halogenated alkanes) is 1. The van der Waals surface area contributed by atoms with Crippen LogP contribution in [0.25, 0.3) is 0 Å². The highest BCUT2D eigenvalue weighted by Gasteiger charge is 2.32. The molecule has 2 N–H and O–H groups in total. The van der Waals surface area contributed by atoms with E-state index < -0.39 is 17.5 Å². The summed E-state index contributed by atoms with van der Waals surface area (Å²) in [6, 6.07) is 4.84. The van der Waals surface area contributed by atoms with Gasteiger partial charge in [0.1, 0.15) is 5.01 Å². The maximum absolute atomic E-state index is 14.7. The van der Waals surface area contributed by atoms with Crippen molar-refractivity contribution in [2.45, 2.75) is 64.6 Å². The highest BCUT2D eigenvalue weighted by Crippen LogP contribution is 2.30. The van der Waals surface area contributed by atoms with Crippen LogP contribution in [0.4, 0.5) is 14.9 Å². The number of aryl methyl sites for hydroxylation is 3. The van der Waals surface area contributed by atoms with Crippen LogP contribution >= 0.6 is 11.3 Å². The third-order valence-electron chi connectivity index (χ3n) is 6.12. The van der Waals surface area contributed by atoms with Crippen molar-refractivity contribution in [3.63, 3.8) is 0 Å². The van der Waals surface area contributed by atoms with Gasteiger partial charge >= 0.3 is 6.09 Å². The molecule has 1 aliphatic rings. The molecule has 0 bridgehead atoms. The molecule has 0 saturated heterocycles. The number of hydrogen-bond acceptors (Lipinski definition) is 7. The SMILES string of the molecule is Cc1ccc(CNC(=O)c2nnc(CCCCn3ccc(N(C(=O)O)C4CCC4)c(F)c3=O)s2)cn1. The summed E-state index contributed by atoms with van der Waals surface area (Å²) in [4.78, 5) is 41.6. The number of anilines is 1. The van der Waals surface area contributed by atoms with Crippen LogP contribution in [-0.2, 0) is 19.5 Å². The van der Waals surface area contributed by atoms with Crippen molar-refractivity contribution in [1.82, 2.24) is 25.1 Å². The van der Waals surface area contributed by atoms with Gasteiger partial charge < -0.3 is 15.0 Å². The second-order valence-electron chi connectivity index (χ2n) is 8.70. The molecule has 0 radical (unpaired) electrons. The van der Waals surface area contributed by atoms with Gasteiger partial charge in [-0.05, 0) is 56.7 Å². The number of aromatic nitrogens is 4. The van der Waals surface area contributed by atoms with Crippen LogP contribution in [0.2, 0.25) is 0 Å². The van der Waals surface area contributed by atoms with E-state index in [1.54, 1.807) is 6.20 Å². The van der Waals surface area contributed by atoms with Crippen molar-refractivity contribution < 1.29 is 19.1 Å². The molecule has 2 amide bonds. The van der Waals surface area contributed by atoms with Gasteiger partial charge in [0.25, 0.3) is 11.5 Å². The number of nitrogens with zero attached hydrogens (tertiary/aromatic N) is 5. The summed E-state index contributed by atoms with van der Waals surface area (Å²) in [6.07, 6.45) is 5.90. The average molecular weight is 515 g/mol. The van der Waals surface area contributed by atoms with E-state index >= 15 is 0 Å². The molecule has 0 spiro atoms. The van der Waals surface area contributed by atoms with Crippen molar-refractivity contribution in [2.24, 2.45) is 0 Å². The predicted octanol–water partition coefficient (Wildman–Crippen LogP) is 3.53.